The van der Waals surface area contributed by atoms with Gasteiger partial charge < -0.3 is 39.0 Å². The summed E-state index contributed by atoms with van der Waals surface area (Å²) in [5.74, 6) is -3.17. The molecule has 11 heteroatoms. The number of fused-ring (bicyclic) bond motifs is 10. The summed E-state index contributed by atoms with van der Waals surface area (Å²) in [5, 5.41) is 15.0. The molecule has 11 nitrogen and oxygen atoms in total. The molecule has 5 saturated heterocycles. The molecule has 0 aromatic rings. The number of ketones is 1. The van der Waals surface area contributed by atoms with E-state index in [4.69, 9.17) is 23.7 Å². The summed E-state index contributed by atoms with van der Waals surface area (Å²) in [6.45, 7) is 19.7. The Morgan fingerprint density at radius 2 is 1.80 bits per heavy atom. The number of aliphatic hydroxyl groups is 1. The van der Waals surface area contributed by atoms with Crippen molar-refractivity contribution in [1.82, 2.24) is 10.2 Å². The molecular weight excluding hydrogens is 592 g/mol. The second-order valence-corrected chi connectivity index (χ2v) is 15.2. The lowest BCUT2D eigenvalue weighted by Gasteiger charge is -2.50. The van der Waals surface area contributed by atoms with E-state index in [9.17, 15) is 19.5 Å². The maximum Gasteiger partial charge on any atom is 0.320 e. The van der Waals surface area contributed by atoms with Gasteiger partial charge in [-0.05, 0) is 80.4 Å². The number of ether oxygens (including phenoxy) is 5. The number of nitrogens with zero attached hydrogens (tertiary/aromatic N) is 1. The first-order valence-electron chi connectivity index (χ1n) is 17.0. The van der Waals surface area contributed by atoms with Crippen LogP contribution in [0.1, 0.15) is 81.1 Å². The number of esters is 2. The van der Waals surface area contributed by atoms with Gasteiger partial charge in [-0.3, -0.25) is 14.4 Å². The third-order valence-corrected chi connectivity index (χ3v) is 11.4. The largest absolute Gasteiger partial charge is 0.457 e. The summed E-state index contributed by atoms with van der Waals surface area (Å²) < 4.78 is 31.8. The van der Waals surface area contributed by atoms with Gasteiger partial charge in [-0.15, -0.1) is 6.58 Å². The van der Waals surface area contributed by atoms with Gasteiger partial charge in [-0.1, -0.05) is 26.8 Å². The number of Topliss-reactive ketones (excluding diaryl/α,β-unsaturated/α-hetero) is 1. The zero-order valence-corrected chi connectivity index (χ0v) is 29.5. The van der Waals surface area contributed by atoms with Gasteiger partial charge in [0.2, 0.25) is 0 Å². The molecule has 0 aliphatic carbocycles. The molecule has 14 atom stereocenters. The van der Waals surface area contributed by atoms with Crippen molar-refractivity contribution in [3.8, 4) is 0 Å². The SMILES string of the molecule is C=CC1CO[C@@]2(C)C[C@@H](C)CN[C@H](C)[C@H]3CC(=O)O[C@]3(C)[C@@H](CC)OC(=O)[C@@]1(C)C(=O)[C@H](C)[C@H]2OC1OC(C)CC(N(C)C)C1O. The molecule has 262 valence electrons. The van der Waals surface area contributed by atoms with E-state index in [1.54, 1.807) is 19.9 Å². The van der Waals surface area contributed by atoms with Crippen LogP contribution in [0.2, 0.25) is 0 Å². The topological polar surface area (TPSA) is 133 Å². The van der Waals surface area contributed by atoms with Crippen molar-refractivity contribution in [2.75, 3.05) is 27.2 Å². The Hall–Kier alpha value is -1.89. The second-order valence-electron chi connectivity index (χ2n) is 15.2. The standard InChI is InChI=1S/C35H58N2O9/c1-12-23-18-42-33(7)16-19(3)17-36-22(6)24-15-27(38)46-35(24,9)26(13-2)44-32(41)34(23,8)29(40)21(5)30(33)45-31-28(39)25(37(10)11)14-20(4)43-31/h12,19-26,28,30-31,36,39H,1,13-18H2,2-11H3/t19-,20?,21+,22-,23?,24-,25?,26-,28?,30-,31?,33+,34-,35+/m1/s1. The Morgan fingerprint density at radius 3 is 2.41 bits per heavy atom. The quantitative estimate of drug-likeness (QED) is 0.258. The number of hydrogen-bond acceptors (Lipinski definition) is 11. The summed E-state index contributed by atoms with van der Waals surface area (Å²) in [4.78, 5) is 43.9. The van der Waals surface area contributed by atoms with Crippen LogP contribution in [0, 0.1) is 29.1 Å². The van der Waals surface area contributed by atoms with E-state index in [2.05, 4.69) is 18.8 Å². The molecule has 2 N–H and O–H groups in total. The van der Waals surface area contributed by atoms with E-state index in [0.717, 1.165) is 0 Å². The van der Waals surface area contributed by atoms with Crippen molar-refractivity contribution in [2.24, 2.45) is 29.1 Å². The molecule has 5 aliphatic rings. The maximum absolute atomic E-state index is 14.8. The zero-order chi connectivity index (χ0) is 34.4. The molecule has 5 heterocycles. The molecule has 5 aliphatic heterocycles. The van der Waals surface area contributed by atoms with E-state index < -0.39 is 59.0 Å². The summed E-state index contributed by atoms with van der Waals surface area (Å²) in [5.41, 5.74) is -3.76. The highest BCUT2D eigenvalue weighted by Crippen LogP contribution is 2.46. The monoisotopic (exact) mass is 650 g/mol. The van der Waals surface area contributed by atoms with Gasteiger partial charge in [0.15, 0.2) is 17.7 Å². The van der Waals surface area contributed by atoms with Crippen molar-refractivity contribution in [1.29, 1.82) is 0 Å². The van der Waals surface area contributed by atoms with Crippen LogP contribution in [-0.2, 0) is 38.1 Å². The van der Waals surface area contributed by atoms with E-state index in [1.807, 2.05) is 53.6 Å². The number of nitrogens with one attached hydrogen (secondary N) is 1. The van der Waals surface area contributed by atoms with Crippen molar-refractivity contribution < 1.29 is 43.2 Å². The molecular formula is C35H58N2O9. The molecule has 5 rings (SSSR count). The molecule has 0 aromatic heterocycles. The second kappa shape index (κ2) is 13.9. The lowest BCUT2D eigenvalue weighted by Crippen LogP contribution is -2.62. The van der Waals surface area contributed by atoms with Crippen LogP contribution >= 0.6 is 0 Å². The van der Waals surface area contributed by atoms with Crippen molar-refractivity contribution in [3.05, 3.63) is 12.7 Å². The van der Waals surface area contributed by atoms with Gasteiger partial charge in [0, 0.05) is 29.8 Å². The van der Waals surface area contributed by atoms with Crippen molar-refractivity contribution in [3.63, 3.8) is 0 Å². The lowest BCUT2D eigenvalue weighted by molar-refractivity contribution is -0.301. The Morgan fingerprint density at radius 1 is 1.13 bits per heavy atom. The van der Waals surface area contributed by atoms with Crippen LogP contribution in [0.5, 0.6) is 0 Å². The summed E-state index contributed by atoms with van der Waals surface area (Å²) in [6.07, 6.45) is -0.516. The fourth-order valence-corrected chi connectivity index (χ4v) is 8.52. The van der Waals surface area contributed by atoms with Crippen LogP contribution in [0.4, 0.5) is 0 Å². The maximum atomic E-state index is 14.8. The van der Waals surface area contributed by atoms with E-state index in [-0.39, 0.29) is 54.8 Å². The van der Waals surface area contributed by atoms with Crippen molar-refractivity contribution in [2.45, 2.75) is 135 Å². The van der Waals surface area contributed by atoms with Gasteiger partial charge in [0.25, 0.3) is 0 Å². The van der Waals surface area contributed by atoms with E-state index in [0.29, 0.717) is 25.8 Å². The fraction of sp³-hybridized carbons (Fsp3) is 0.857. The van der Waals surface area contributed by atoms with Crippen LogP contribution in [-0.4, -0.2) is 109 Å². The van der Waals surface area contributed by atoms with Crippen LogP contribution in [0.15, 0.2) is 12.7 Å². The number of rotatable bonds is 5. The minimum absolute atomic E-state index is 0.0247. The third kappa shape index (κ3) is 6.69. The summed E-state index contributed by atoms with van der Waals surface area (Å²) in [6, 6.07) is -0.345. The fourth-order valence-electron chi connectivity index (χ4n) is 8.52. The van der Waals surface area contributed by atoms with E-state index >= 15 is 0 Å². The first-order chi connectivity index (χ1) is 21.4. The van der Waals surface area contributed by atoms with Gasteiger partial charge in [0.05, 0.1) is 30.8 Å². The molecule has 46 heavy (non-hydrogen) atoms. The first-order valence-corrected chi connectivity index (χ1v) is 17.0. The van der Waals surface area contributed by atoms with Crippen LogP contribution < -0.4 is 5.32 Å². The molecule has 5 fully saturated rings. The van der Waals surface area contributed by atoms with Crippen molar-refractivity contribution >= 4 is 17.7 Å². The molecule has 5 unspecified atom stereocenters. The predicted molar refractivity (Wildman–Crippen MR) is 172 cm³/mol. The Labute approximate surface area is 275 Å². The minimum atomic E-state index is -1.67. The average Bonchev–Trinajstić information content (AvgIpc) is 3.31. The highest BCUT2D eigenvalue weighted by atomic mass is 16.7. The Balaban J connectivity index is 1.82. The van der Waals surface area contributed by atoms with Crippen LogP contribution in [0.3, 0.4) is 0 Å². The molecule has 0 radical (unpaired) electrons. The number of carbonyl (C=O) groups excluding carboxylic acids is 3. The predicted octanol–water partition coefficient (Wildman–Crippen LogP) is 3.26. The van der Waals surface area contributed by atoms with Gasteiger partial charge in [-0.2, -0.15) is 0 Å². The zero-order valence-electron chi connectivity index (χ0n) is 29.5. The Kier molecular flexibility index (Phi) is 11.2. The summed E-state index contributed by atoms with van der Waals surface area (Å²) in [7, 11) is 3.82. The van der Waals surface area contributed by atoms with Gasteiger partial charge >= 0.3 is 11.9 Å². The molecule has 0 saturated carbocycles. The molecule has 0 spiro atoms. The summed E-state index contributed by atoms with van der Waals surface area (Å²) >= 11 is 0. The highest BCUT2D eigenvalue weighted by molar-refractivity contribution is 6.05. The molecule has 0 aromatic carbocycles. The van der Waals surface area contributed by atoms with Gasteiger partial charge in [0.1, 0.15) is 17.6 Å². The molecule has 0 amide bonds. The number of likely N-dealkylation sites (N-methyl/N-ethyl adjacent to an activating group) is 1. The number of carbonyl (C=O) groups is 3. The average molecular weight is 651 g/mol. The van der Waals surface area contributed by atoms with E-state index in [1.165, 1.54) is 0 Å². The highest BCUT2D eigenvalue weighted by Gasteiger charge is 2.60. The third-order valence-electron chi connectivity index (χ3n) is 11.4. The van der Waals surface area contributed by atoms with Crippen LogP contribution in [0.25, 0.3) is 0 Å². The molecule has 2 bridgehead atoms. The van der Waals surface area contributed by atoms with Gasteiger partial charge in [-0.25, -0.2) is 0 Å². The smallest absolute Gasteiger partial charge is 0.320 e. The number of aliphatic hydroxyl groups excluding tert-OH is 1. The number of hydrogen-bond donors (Lipinski definition) is 2. The Bertz CT molecular complexity index is 1150. The normalized spacial score (nSPS) is 47.7. The lowest BCUT2D eigenvalue weighted by atomic mass is 9.66. The first kappa shape index (κ1) is 36.9. The minimum Gasteiger partial charge on any atom is -0.457 e.